The van der Waals surface area contributed by atoms with Crippen molar-refractivity contribution in [3.63, 3.8) is 0 Å². The maximum Gasteiger partial charge on any atom is 0.289 e. The van der Waals surface area contributed by atoms with Crippen LogP contribution in [0.15, 0.2) is 23.3 Å². The predicted molar refractivity (Wildman–Crippen MR) is 102 cm³/mol. The third-order valence-electron chi connectivity index (χ3n) is 4.68. The van der Waals surface area contributed by atoms with E-state index in [1.807, 2.05) is 0 Å². The standard InChI is InChI=1S/C20H39NO3/c1-7-10-11-12-14-17(8-2)18(9-3)19(15-13-16-21)20(22-4,23-5)24-6/h8-9,19H,7,10-16,21H2,1-6H3. The molecule has 0 aliphatic rings. The lowest BCUT2D eigenvalue weighted by Crippen LogP contribution is -2.45. The van der Waals surface area contributed by atoms with Crippen molar-refractivity contribution in [2.75, 3.05) is 27.9 Å². The molecule has 0 amide bonds. The minimum atomic E-state index is -1.07. The lowest BCUT2D eigenvalue weighted by atomic mass is 9.84. The zero-order valence-electron chi connectivity index (χ0n) is 16.7. The summed E-state index contributed by atoms with van der Waals surface area (Å²) < 4.78 is 17.0. The molecule has 1 unspecified atom stereocenters. The first-order valence-electron chi connectivity index (χ1n) is 9.27. The summed E-state index contributed by atoms with van der Waals surface area (Å²) in [7, 11) is 4.89. The summed E-state index contributed by atoms with van der Waals surface area (Å²) in [6, 6.07) is 0. The van der Waals surface area contributed by atoms with E-state index in [9.17, 15) is 0 Å². The molecule has 0 aliphatic carbocycles. The summed E-state index contributed by atoms with van der Waals surface area (Å²) in [5, 5.41) is 0. The smallest absolute Gasteiger partial charge is 0.289 e. The van der Waals surface area contributed by atoms with Crippen molar-refractivity contribution in [3.05, 3.63) is 23.3 Å². The Hall–Kier alpha value is -0.680. The van der Waals surface area contributed by atoms with Gasteiger partial charge in [0.25, 0.3) is 5.97 Å². The number of methoxy groups -OCH3 is 3. The summed E-state index contributed by atoms with van der Waals surface area (Å²) >= 11 is 0. The molecule has 0 aromatic carbocycles. The van der Waals surface area contributed by atoms with Gasteiger partial charge in [-0.3, -0.25) is 0 Å². The van der Waals surface area contributed by atoms with Gasteiger partial charge in [0.2, 0.25) is 0 Å². The largest absolute Gasteiger partial charge is 0.330 e. The van der Waals surface area contributed by atoms with Crippen molar-refractivity contribution in [1.82, 2.24) is 0 Å². The van der Waals surface area contributed by atoms with Gasteiger partial charge in [0.15, 0.2) is 0 Å². The number of allylic oxidation sites excluding steroid dienone is 3. The minimum Gasteiger partial charge on any atom is -0.330 e. The molecule has 142 valence electrons. The van der Waals surface area contributed by atoms with Crippen molar-refractivity contribution in [2.45, 2.75) is 71.7 Å². The molecule has 24 heavy (non-hydrogen) atoms. The van der Waals surface area contributed by atoms with E-state index in [4.69, 9.17) is 19.9 Å². The highest BCUT2D eigenvalue weighted by Crippen LogP contribution is 2.38. The molecule has 0 fully saturated rings. The lowest BCUT2D eigenvalue weighted by Gasteiger charge is -2.38. The van der Waals surface area contributed by atoms with Crippen LogP contribution in [0.5, 0.6) is 0 Å². The molecular formula is C20H39NO3. The molecular weight excluding hydrogens is 302 g/mol. The molecule has 0 aromatic rings. The van der Waals surface area contributed by atoms with E-state index >= 15 is 0 Å². The van der Waals surface area contributed by atoms with Gasteiger partial charge in [-0.05, 0) is 57.2 Å². The number of ether oxygens (including phenoxy) is 3. The van der Waals surface area contributed by atoms with E-state index in [1.54, 1.807) is 21.3 Å². The topological polar surface area (TPSA) is 53.7 Å². The summed E-state index contributed by atoms with van der Waals surface area (Å²) in [5.41, 5.74) is 8.35. The fourth-order valence-corrected chi connectivity index (χ4v) is 3.33. The van der Waals surface area contributed by atoms with Gasteiger partial charge in [0, 0.05) is 21.3 Å². The van der Waals surface area contributed by atoms with Crippen LogP contribution in [-0.2, 0) is 14.2 Å². The summed E-state index contributed by atoms with van der Waals surface area (Å²) in [6.07, 6.45) is 12.2. The van der Waals surface area contributed by atoms with E-state index in [2.05, 4.69) is 32.9 Å². The van der Waals surface area contributed by atoms with Crippen LogP contribution in [0.1, 0.15) is 65.7 Å². The zero-order chi connectivity index (χ0) is 18.4. The molecule has 2 N–H and O–H groups in total. The zero-order valence-corrected chi connectivity index (χ0v) is 16.7. The van der Waals surface area contributed by atoms with Gasteiger partial charge in [0.1, 0.15) is 0 Å². The van der Waals surface area contributed by atoms with Crippen LogP contribution < -0.4 is 5.73 Å². The van der Waals surface area contributed by atoms with Gasteiger partial charge < -0.3 is 19.9 Å². The monoisotopic (exact) mass is 341 g/mol. The van der Waals surface area contributed by atoms with Crippen molar-refractivity contribution >= 4 is 0 Å². The molecule has 0 saturated carbocycles. The Labute approximate surface area is 149 Å². The number of hydrogen-bond acceptors (Lipinski definition) is 4. The van der Waals surface area contributed by atoms with Crippen LogP contribution in [0.3, 0.4) is 0 Å². The number of nitrogens with two attached hydrogens (primary N) is 1. The summed E-state index contributed by atoms with van der Waals surface area (Å²) in [6.45, 7) is 7.06. The predicted octanol–water partition coefficient (Wildman–Crippen LogP) is 4.80. The first-order valence-corrected chi connectivity index (χ1v) is 9.27. The SMILES string of the molecule is CC=C(CCCCCC)C(=CC)C(CCCN)C(OC)(OC)OC. The third kappa shape index (κ3) is 6.67. The number of hydrogen-bond donors (Lipinski definition) is 1. The second-order valence-electron chi connectivity index (χ2n) is 6.07. The van der Waals surface area contributed by atoms with Gasteiger partial charge in [-0.1, -0.05) is 38.3 Å². The first kappa shape index (κ1) is 23.3. The van der Waals surface area contributed by atoms with Gasteiger partial charge >= 0.3 is 0 Å². The fraction of sp³-hybridized carbons (Fsp3) is 0.800. The van der Waals surface area contributed by atoms with E-state index in [0.717, 1.165) is 19.3 Å². The second-order valence-corrected chi connectivity index (χ2v) is 6.07. The quantitative estimate of drug-likeness (QED) is 0.280. The number of unbranched alkanes of at least 4 members (excludes halogenated alkanes) is 3. The molecule has 0 saturated heterocycles. The highest BCUT2D eigenvalue weighted by atomic mass is 16.9. The molecule has 0 radical (unpaired) electrons. The third-order valence-corrected chi connectivity index (χ3v) is 4.68. The molecule has 0 aromatic heterocycles. The minimum absolute atomic E-state index is 0.0107. The van der Waals surface area contributed by atoms with Crippen LogP contribution in [0.2, 0.25) is 0 Å². The van der Waals surface area contributed by atoms with Crippen molar-refractivity contribution in [3.8, 4) is 0 Å². The lowest BCUT2D eigenvalue weighted by molar-refractivity contribution is -0.373. The second kappa shape index (κ2) is 13.6. The van der Waals surface area contributed by atoms with Crippen LogP contribution >= 0.6 is 0 Å². The Morgan fingerprint density at radius 1 is 0.958 bits per heavy atom. The van der Waals surface area contributed by atoms with E-state index in [0.29, 0.717) is 6.54 Å². The molecule has 1 atom stereocenters. The van der Waals surface area contributed by atoms with E-state index in [1.165, 1.54) is 36.8 Å². The van der Waals surface area contributed by atoms with Crippen molar-refractivity contribution in [1.29, 1.82) is 0 Å². The van der Waals surface area contributed by atoms with Crippen molar-refractivity contribution in [2.24, 2.45) is 11.7 Å². The number of rotatable bonds is 14. The average Bonchev–Trinajstić information content (AvgIpc) is 2.62. The Bertz CT molecular complexity index is 365. The van der Waals surface area contributed by atoms with Crippen LogP contribution in [0.4, 0.5) is 0 Å². The Morgan fingerprint density at radius 3 is 2.00 bits per heavy atom. The molecule has 4 heteroatoms. The van der Waals surface area contributed by atoms with Gasteiger partial charge in [0.05, 0.1) is 5.92 Å². The summed E-state index contributed by atoms with van der Waals surface area (Å²) in [4.78, 5) is 0. The molecule has 4 nitrogen and oxygen atoms in total. The molecule has 0 bridgehead atoms. The average molecular weight is 342 g/mol. The van der Waals surface area contributed by atoms with Gasteiger partial charge in [-0.15, -0.1) is 0 Å². The molecule has 0 rings (SSSR count). The normalized spacial score (nSPS) is 15.0. The Kier molecular flexibility index (Phi) is 13.2. The molecule has 0 heterocycles. The Morgan fingerprint density at radius 2 is 1.58 bits per heavy atom. The van der Waals surface area contributed by atoms with Gasteiger partial charge in [-0.25, -0.2) is 0 Å². The fourth-order valence-electron chi connectivity index (χ4n) is 3.33. The highest BCUT2D eigenvalue weighted by molar-refractivity contribution is 5.33. The van der Waals surface area contributed by atoms with Crippen LogP contribution in [0.25, 0.3) is 0 Å². The van der Waals surface area contributed by atoms with Crippen LogP contribution in [-0.4, -0.2) is 33.8 Å². The molecule has 0 spiro atoms. The van der Waals surface area contributed by atoms with Gasteiger partial charge in [-0.2, -0.15) is 0 Å². The molecule has 0 aliphatic heterocycles. The van der Waals surface area contributed by atoms with Crippen LogP contribution in [0, 0.1) is 5.92 Å². The maximum atomic E-state index is 5.75. The van der Waals surface area contributed by atoms with E-state index in [-0.39, 0.29) is 5.92 Å². The van der Waals surface area contributed by atoms with Crippen molar-refractivity contribution < 1.29 is 14.2 Å². The summed E-state index contributed by atoms with van der Waals surface area (Å²) in [5.74, 6) is -1.09. The highest BCUT2D eigenvalue weighted by Gasteiger charge is 2.42. The van der Waals surface area contributed by atoms with E-state index < -0.39 is 5.97 Å². The first-order chi connectivity index (χ1) is 11.6. The Balaban J connectivity index is 5.44. The maximum absolute atomic E-state index is 5.75.